The lowest BCUT2D eigenvalue weighted by Crippen LogP contribution is -2.32. The summed E-state index contributed by atoms with van der Waals surface area (Å²) in [4.78, 5) is 11.2. The lowest BCUT2D eigenvalue weighted by atomic mass is 9.89. The number of halogens is 1. The SMILES string of the molecule is CC(N[C@H]1CC[C@@](C)(C(=O)O)C1)c1ccccc1.Cl. The maximum Gasteiger partial charge on any atom is 0.309 e. The molecule has 1 aromatic rings. The van der Waals surface area contributed by atoms with E-state index in [2.05, 4.69) is 24.4 Å². The molecule has 0 bridgehead atoms. The van der Waals surface area contributed by atoms with Crippen molar-refractivity contribution in [1.29, 1.82) is 0 Å². The van der Waals surface area contributed by atoms with Crippen LogP contribution < -0.4 is 5.32 Å². The molecule has 2 rings (SSSR count). The summed E-state index contributed by atoms with van der Waals surface area (Å²) >= 11 is 0. The van der Waals surface area contributed by atoms with Crippen LogP contribution in [0.25, 0.3) is 0 Å². The molecule has 0 amide bonds. The van der Waals surface area contributed by atoms with Gasteiger partial charge in [0.1, 0.15) is 0 Å². The number of hydrogen-bond donors (Lipinski definition) is 2. The summed E-state index contributed by atoms with van der Waals surface area (Å²) in [6.45, 7) is 3.98. The summed E-state index contributed by atoms with van der Waals surface area (Å²) in [6.07, 6.45) is 2.43. The predicted octanol–water partition coefficient (Wildman–Crippen LogP) is 3.40. The largest absolute Gasteiger partial charge is 0.481 e. The molecule has 2 N–H and O–H groups in total. The summed E-state index contributed by atoms with van der Waals surface area (Å²) in [5.74, 6) is -0.667. The Balaban J connectivity index is 0.00000180. The smallest absolute Gasteiger partial charge is 0.309 e. The Morgan fingerprint density at radius 1 is 1.42 bits per heavy atom. The van der Waals surface area contributed by atoms with E-state index in [1.54, 1.807) is 0 Å². The minimum atomic E-state index is -0.667. The first-order valence-corrected chi connectivity index (χ1v) is 6.56. The van der Waals surface area contributed by atoms with E-state index in [0.29, 0.717) is 6.04 Å². The molecule has 0 radical (unpaired) electrons. The van der Waals surface area contributed by atoms with Gasteiger partial charge in [0, 0.05) is 12.1 Å². The van der Waals surface area contributed by atoms with Gasteiger partial charge in [0.2, 0.25) is 0 Å². The average Bonchev–Trinajstić information content (AvgIpc) is 2.73. The lowest BCUT2D eigenvalue weighted by Gasteiger charge is -2.22. The van der Waals surface area contributed by atoms with Gasteiger partial charge >= 0.3 is 5.97 Å². The molecule has 0 aliphatic heterocycles. The molecule has 1 aliphatic rings. The maximum atomic E-state index is 11.2. The van der Waals surface area contributed by atoms with Crippen LogP contribution in [0.3, 0.4) is 0 Å². The van der Waals surface area contributed by atoms with Crippen molar-refractivity contribution >= 4 is 18.4 Å². The van der Waals surface area contributed by atoms with Gasteiger partial charge < -0.3 is 10.4 Å². The van der Waals surface area contributed by atoms with Crippen LogP contribution >= 0.6 is 12.4 Å². The fourth-order valence-corrected chi connectivity index (χ4v) is 2.77. The first-order valence-electron chi connectivity index (χ1n) is 6.56. The van der Waals surface area contributed by atoms with Gasteiger partial charge in [-0.3, -0.25) is 4.79 Å². The fraction of sp³-hybridized carbons (Fsp3) is 0.533. The number of hydrogen-bond acceptors (Lipinski definition) is 2. The minimum absolute atomic E-state index is 0. The van der Waals surface area contributed by atoms with Crippen LogP contribution in [0.2, 0.25) is 0 Å². The Bertz CT molecular complexity index is 423. The van der Waals surface area contributed by atoms with E-state index in [9.17, 15) is 9.90 Å². The second kappa shape index (κ2) is 6.40. The normalized spacial score (nSPS) is 27.6. The van der Waals surface area contributed by atoms with E-state index in [4.69, 9.17) is 0 Å². The zero-order valence-corrected chi connectivity index (χ0v) is 12.2. The van der Waals surface area contributed by atoms with Crippen molar-refractivity contribution in [2.45, 2.75) is 45.2 Å². The van der Waals surface area contributed by atoms with Crippen molar-refractivity contribution in [3.05, 3.63) is 35.9 Å². The number of carbonyl (C=O) groups is 1. The van der Waals surface area contributed by atoms with Crippen LogP contribution in [-0.4, -0.2) is 17.1 Å². The maximum absolute atomic E-state index is 11.2. The number of carboxylic acid groups (broad SMARTS) is 1. The standard InChI is InChI=1S/C15H21NO2.ClH/c1-11(12-6-4-3-5-7-12)16-13-8-9-15(2,10-13)14(17)18;/h3-7,11,13,16H,8-10H2,1-2H3,(H,17,18);1H/t11?,13-,15+;/m0./s1. The third-order valence-corrected chi connectivity index (χ3v) is 4.04. The second-order valence-corrected chi connectivity index (χ2v) is 5.60. The highest BCUT2D eigenvalue weighted by Gasteiger charge is 2.41. The van der Waals surface area contributed by atoms with Crippen LogP contribution in [0.1, 0.15) is 44.7 Å². The molecular weight excluding hydrogens is 262 g/mol. The van der Waals surface area contributed by atoms with E-state index >= 15 is 0 Å². The quantitative estimate of drug-likeness (QED) is 0.890. The van der Waals surface area contributed by atoms with E-state index in [0.717, 1.165) is 19.3 Å². The molecule has 1 unspecified atom stereocenters. The van der Waals surface area contributed by atoms with Gasteiger partial charge in [-0.15, -0.1) is 12.4 Å². The molecule has 3 atom stereocenters. The molecule has 1 aliphatic carbocycles. The van der Waals surface area contributed by atoms with Crippen LogP contribution in [0, 0.1) is 5.41 Å². The second-order valence-electron chi connectivity index (χ2n) is 5.60. The van der Waals surface area contributed by atoms with Crippen molar-refractivity contribution in [3.8, 4) is 0 Å². The third kappa shape index (κ3) is 3.71. The average molecular weight is 284 g/mol. The summed E-state index contributed by atoms with van der Waals surface area (Å²) < 4.78 is 0. The highest BCUT2D eigenvalue weighted by molar-refractivity contribution is 5.85. The van der Waals surface area contributed by atoms with Gasteiger partial charge in [-0.1, -0.05) is 30.3 Å². The van der Waals surface area contributed by atoms with Crippen molar-refractivity contribution in [1.82, 2.24) is 5.32 Å². The fourth-order valence-electron chi connectivity index (χ4n) is 2.77. The number of rotatable bonds is 4. The number of aliphatic carboxylic acids is 1. The summed E-state index contributed by atoms with van der Waals surface area (Å²) in [5, 5.41) is 12.8. The van der Waals surface area contributed by atoms with Gasteiger partial charge in [0.05, 0.1) is 5.41 Å². The zero-order valence-electron chi connectivity index (χ0n) is 11.4. The molecule has 106 valence electrons. The molecule has 0 saturated heterocycles. The molecule has 1 aromatic carbocycles. The Morgan fingerprint density at radius 2 is 2.05 bits per heavy atom. The number of carboxylic acids is 1. The van der Waals surface area contributed by atoms with Crippen LogP contribution in [0.15, 0.2) is 30.3 Å². The van der Waals surface area contributed by atoms with Gasteiger partial charge in [-0.25, -0.2) is 0 Å². The van der Waals surface area contributed by atoms with E-state index in [-0.39, 0.29) is 18.4 Å². The van der Waals surface area contributed by atoms with Crippen molar-refractivity contribution in [2.75, 3.05) is 0 Å². The molecule has 0 aromatic heterocycles. The van der Waals surface area contributed by atoms with Crippen molar-refractivity contribution in [2.24, 2.45) is 5.41 Å². The number of nitrogens with one attached hydrogen (secondary N) is 1. The third-order valence-electron chi connectivity index (χ3n) is 4.04. The van der Waals surface area contributed by atoms with Crippen molar-refractivity contribution < 1.29 is 9.90 Å². The first-order chi connectivity index (χ1) is 8.51. The number of benzene rings is 1. The Labute approximate surface area is 120 Å². The molecule has 1 saturated carbocycles. The highest BCUT2D eigenvalue weighted by Crippen LogP contribution is 2.38. The molecule has 0 heterocycles. The highest BCUT2D eigenvalue weighted by atomic mass is 35.5. The minimum Gasteiger partial charge on any atom is -0.481 e. The first kappa shape index (κ1) is 16.0. The molecule has 4 heteroatoms. The Morgan fingerprint density at radius 3 is 2.58 bits per heavy atom. The van der Waals surface area contributed by atoms with Gasteiger partial charge in [-0.2, -0.15) is 0 Å². The molecule has 0 spiro atoms. The molecular formula is C15H22ClNO2. The zero-order chi connectivity index (χ0) is 13.2. The van der Waals surface area contributed by atoms with Gasteiger partial charge in [0.15, 0.2) is 0 Å². The van der Waals surface area contributed by atoms with Crippen LogP contribution in [0.4, 0.5) is 0 Å². The van der Waals surface area contributed by atoms with Crippen LogP contribution in [-0.2, 0) is 4.79 Å². The van der Waals surface area contributed by atoms with Crippen LogP contribution in [0.5, 0.6) is 0 Å². The Kier molecular flexibility index (Phi) is 5.39. The molecule has 19 heavy (non-hydrogen) atoms. The van der Waals surface area contributed by atoms with E-state index in [1.807, 2.05) is 25.1 Å². The van der Waals surface area contributed by atoms with E-state index in [1.165, 1.54) is 5.56 Å². The van der Waals surface area contributed by atoms with Crippen molar-refractivity contribution in [3.63, 3.8) is 0 Å². The predicted molar refractivity (Wildman–Crippen MR) is 78.6 cm³/mol. The molecule has 1 fully saturated rings. The summed E-state index contributed by atoms with van der Waals surface area (Å²) in [6, 6.07) is 10.8. The summed E-state index contributed by atoms with van der Waals surface area (Å²) in [7, 11) is 0. The monoisotopic (exact) mass is 283 g/mol. The molecule has 3 nitrogen and oxygen atoms in total. The topological polar surface area (TPSA) is 49.3 Å². The lowest BCUT2D eigenvalue weighted by molar-refractivity contribution is -0.147. The van der Waals surface area contributed by atoms with E-state index < -0.39 is 11.4 Å². The Hall–Kier alpha value is -1.06. The van der Waals surface area contributed by atoms with Gasteiger partial charge in [-0.05, 0) is 38.7 Å². The summed E-state index contributed by atoms with van der Waals surface area (Å²) in [5.41, 5.74) is 0.704. The van der Waals surface area contributed by atoms with Gasteiger partial charge in [0.25, 0.3) is 0 Å².